The Kier molecular flexibility index (Phi) is 17.5. The van der Waals surface area contributed by atoms with Crippen molar-refractivity contribution in [3.63, 3.8) is 0 Å². The van der Waals surface area contributed by atoms with Crippen LogP contribution >= 0.6 is 0 Å². The minimum atomic E-state index is -4.31. The number of hydrogen-bond acceptors (Lipinski definition) is 1. The molecule has 0 aliphatic carbocycles. The van der Waals surface area contributed by atoms with Gasteiger partial charge in [0.25, 0.3) is 0 Å². The van der Waals surface area contributed by atoms with E-state index in [9.17, 15) is 26.3 Å². The van der Waals surface area contributed by atoms with Crippen LogP contribution in [0.3, 0.4) is 0 Å². The summed E-state index contributed by atoms with van der Waals surface area (Å²) in [6.45, 7) is 9.59. The molecular formula is C56H62F6N11+5. The van der Waals surface area contributed by atoms with E-state index in [0.717, 1.165) is 40.8 Å². The molecule has 11 nitrogen and oxygen atoms in total. The van der Waals surface area contributed by atoms with Crippen LogP contribution in [0.5, 0.6) is 0 Å². The molecule has 10 aromatic rings. The molecule has 10 rings (SSSR count). The molecule has 0 N–H and O–H groups in total. The molecule has 5 heterocycles. The number of rotatable bonds is 5. The summed E-state index contributed by atoms with van der Waals surface area (Å²) >= 11 is 0. The Bertz CT molecular complexity index is 3400. The van der Waals surface area contributed by atoms with E-state index in [1.807, 2.05) is 103 Å². The minimum Gasteiger partial charge on any atom is -0.233 e. The van der Waals surface area contributed by atoms with Crippen LogP contribution < -0.4 is 23.3 Å². The first kappa shape index (κ1) is 54.0. The second-order valence-electron chi connectivity index (χ2n) is 17.4. The largest absolute Gasteiger partial charge is 0.416 e. The highest BCUT2D eigenvalue weighted by atomic mass is 19.4. The number of benzene rings is 5. The van der Waals surface area contributed by atoms with E-state index in [1.165, 1.54) is 46.6 Å². The number of aryl methyl sites for hydroxylation is 11. The van der Waals surface area contributed by atoms with Crippen LogP contribution in [0.25, 0.3) is 34.1 Å². The topological polar surface area (TPSA) is 56.9 Å². The molecule has 0 aliphatic rings. The lowest BCUT2D eigenvalue weighted by Crippen LogP contribution is -2.37. The SMILES string of the molecule is Cc1cc(F)cc(F)c1-n1ccc[n+]1C.Cc1cc(F)ccc1-n1ccc[n+]1C.Cc1ccc(C(F)(F)F)cc1-n1ccc[n+]1C.Cc1ccccc1-c1nn(C)c[n+]1C.Cc1ccccc1-n1ccc[n+]1C. The van der Waals surface area contributed by atoms with Gasteiger partial charge in [-0.25, -0.2) is 17.7 Å². The Balaban J connectivity index is 0.000000149. The summed E-state index contributed by atoms with van der Waals surface area (Å²) < 4.78 is 95.9. The van der Waals surface area contributed by atoms with Gasteiger partial charge < -0.3 is 0 Å². The van der Waals surface area contributed by atoms with Crippen molar-refractivity contribution in [2.45, 2.75) is 40.8 Å². The fourth-order valence-corrected chi connectivity index (χ4v) is 8.00. The van der Waals surface area contributed by atoms with E-state index in [2.05, 4.69) is 70.9 Å². The van der Waals surface area contributed by atoms with E-state index in [-0.39, 0.29) is 5.82 Å². The first-order valence-electron chi connectivity index (χ1n) is 23.2. The maximum atomic E-state index is 13.6. The minimum absolute atomic E-state index is 0.193. The fraction of sp³-hybridized carbons (Fsp3) is 0.214. The average Bonchev–Trinajstić information content (AvgIpc) is 4.19. The lowest BCUT2D eigenvalue weighted by Gasteiger charge is -2.10. The third-order valence-electron chi connectivity index (χ3n) is 11.8. The third-order valence-corrected chi connectivity index (χ3v) is 11.8. The van der Waals surface area contributed by atoms with Gasteiger partial charge in [-0.2, -0.15) is 13.2 Å². The molecule has 5 aromatic heterocycles. The summed E-state index contributed by atoms with van der Waals surface area (Å²) in [5.74, 6) is -0.297. The first-order chi connectivity index (χ1) is 34.6. The maximum absolute atomic E-state index is 13.6. The summed E-state index contributed by atoms with van der Waals surface area (Å²) in [4.78, 5) is 0. The van der Waals surface area contributed by atoms with Crippen molar-refractivity contribution in [2.24, 2.45) is 42.3 Å². The van der Waals surface area contributed by atoms with Crippen molar-refractivity contribution in [1.82, 2.24) is 28.5 Å². The average molecular weight is 1000 g/mol. The van der Waals surface area contributed by atoms with Gasteiger partial charge in [0.05, 0.1) is 50.0 Å². The van der Waals surface area contributed by atoms with Gasteiger partial charge in [0.15, 0.2) is 58.8 Å². The van der Waals surface area contributed by atoms with Crippen molar-refractivity contribution in [3.05, 3.63) is 228 Å². The first-order valence-corrected chi connectivity index (χ1v) is 23.2. The molecule has 5 aromatic carbocycles. The predicted octanol–water partition coefficient (Wildman–Crippen LogP) is 9.10. The smallest absolute Gasteiger partial charge is 0.233 e. The molecule has 0 amide bonds. The van der Waals surface area contributed by atoms with Crippen LogP contribution in [0, 0.1) is 52.1 Å². The fourth-order valence-electron chi connectivity index (χ4n) is 8.00. The van der Waals surface area contributed by atoms with Gasteiger partial charge in [0.1, 0.15) is 34.4 Å². The van der Waals surface area contributed by atoms with Crippen LogP contribution in [0.1, 0.15) is 33.4 Å². The van der Waals surface area contributed by atoms with E-state index in [0.29, 0.717) is 16.9 Å². The van der Waals surface area contributed by atoms with Crippen LogP contribution in [-0.4, -0.2) is 28.5 Å². The Morgan fingerprint density at radius 2 is 0.932 bits per heavy atom. The van der Waals surface area contributed by atoms with Crippen molar-refractivity contribution in [3.8, 4) is 34.1 Å². The van der Waals surface area contributed by atoms with E-state index >= 15 is 0 Å². The molecule has 0 fully saturated rings. The highest BCUT2D eigenvalue weighted by molar-refractivity contribution is 5.56. The monoisotopic (exact) mass is 1000 g/mol. The molecule has 0 aliphatic heterocycles. The Morgan fingerprint density at radius 1 is 0.452 bits per heavy atom. The number of aromatic nitrogens is 11. The summed E-state index contributed by atoms with van der Waals surface area (Å²) in [5, 5.41) is 4.42. The number of nitrogens with zero attached hydrogens (tertiary/aromatic N) is 11. The van der Waals surface area contributed by atoms with Crippen LogP contribution in [0.4, 0.5) is 26.3 Å². The van der Waals surface area contributed by atoms with Crippen molar-refractivity contribution in [1.29, 1.82) is 0 Å². The van der Waals surface area contributed by atoms with Gasteiger partial charge in [0, 0.05) is 35.4 Å². The highest BCUT2D eigenvalue weighted by Gasteiger charge is 2.31. The second-order valence-corrected chi connectivity index (χ2v) is 17.4. The van der Waals surface area contributed by atoms with Gasteiger partial charge in [-0.15, -0.1) is 42.1 Å². The van der Waals surface area contributed by atoms with E-state index in [4.69, 9.17) is 0 Å². The van der Waals surface area contributed by atoms with Gasteiger partial charge in [0.2, 0.25) is 6.33 Å². The molecule has 0 radical (unpaired) electrons. The number of hydrogen-bond donors (Lipinski definition) is 0. The molecule has 0 saturated heterocycles. The molecular weight excluding hydrogens is 941 g/mol. The van der Waals surface area contributed by atoms with Crippen LogP contribution in [0.2, 0.25) is 0 Å². The standard InChI is InChI=1S/C12H12F3N2.C11H11F2N2.C11H12FN2.C11H14N3.C11H13N2/c1-9-4-5-10(12(13,14)15)8-11(9)17-7-3-6-16(17)2;1-8-6-9(12)7-10(13)11(8)15-5-3-4-14(15)2;1-9-8-10(12)4-5-11(9)14-7-3-6-13(14)2;1-9-6-4-5-7-10(9)11-12-14(3)8-13(11)2;1-10-6-3-4-7-11(10)13-9-5-8-12(13)2/h3-8H,1-2H3;3-7H,1-2H3;3-8H,1-2H3;4-8H,1-3H3;3-9H,1-2H3/q5*+1. The summed E-state index contributed by atoms with van der Waals surface area (Å²) in [6, 6.07) is 34.9. The quantitative estimate of drug-likeness (QED) is 0.126. The van der Waals surface area contributed by atoms with Gasteiger partial charge in [-0.3, -0.25) is 0 Å². The molecule has 378 valence electrons. The van der Waals surface area contributed by atoms with Crippen molar-refractivity contribution >= 4 is 0 Å². The molecule has 0 spiro atoms. The lowest BCUT2D eigenvalue weighted by atomic mass is 10.1. The predicted molar refractivity (Wildman–Crippen MR) is 266 cm³/mol. The molecule has 0 saturated carbocycles. The molecule has 0 unspecified atom stereocenters. The van der Waals surface area contributed by atoms with E-state index in [1.54, 1.807) is 89.7 Å². The summed E-state index contributed by atoms with van der Waals surface area (Å²) in [7, 11) is 11.5. The summed E-state index contributed by atoms with van der Waals surface area (Å²) in [5.41, 5.74) is 8.53. The number of alkyl halides is 3. The Morgan fingerprint density at radius 3 is 1.40 bits per heavy atom. The Labute approximate surface area is 422 Å². The summed E-state index contributed by atoms with van der Waals surface area (Å²) in [6.07, 6.45) is 12.7. The van der Waals surface area contributed by atoms with Gasteiger partial charge >= 0.3 is 12.0 Å². The number of halogens is 6. The lowest BCUT2D eigenvalue weighted by molar-refractivity contribution is -0.744. The van der Waals surface area contributed by atoms with Crippen molar-refractivity contribution < 1.29 is 49.6 Å². The highest BCUT2D eigenvalue weighted by Crippen LogP contribution is 2.31. The van der Waals surface area contributed by atoms with E-state index < -0.39 is 23.4 Å². The maximum Gasteiger partial charge on any atom is 0.416 e. The van der Waals surface area contributed by atoms with Gasteiger partial charge in [-0.1, -0.05) is 42.5 Å². The molecule has 0 bridgehead atoms. The van der Waals surface area contributed by atoms with Gasteiger partial charge in [-0.05, 0) is 111 Å². The zero-order valence-corrected chi connectivity index (χ0v) is 42.9. The molecule has 0 atom stereocenters. The zero-order chi connectivity index (χ0) is 53.1. The number of para-hydroxylation sites is 1. The van der Waals surface area contributed by atoms with Crippen LogP contribution in [0.15, 0.2) is 177 Å². The Hall–Kier alpha value is -8.34. The zero-order valence-electron chi connectivity index (χ0n) is 42.9. The molecule has 73 heavy (non-hydrogen) atoms. The van der Waals surface area contributed by atoms with Crippen molar-refractivity contribution in [2.75, 3.05) is 0 Å². The second kappa shape index (κ2) is 23.7. The molecule has 17 heteroatoms. The normalized spacial score (nSPS) is 10.8. The van der Waals surface area contributed by atoms with Crippen LogP contribution in [-0.2, 0) is 48.5 Å². The third kappa shape index (κ3) is 13.5.